The Kier molecular flexibility index (Phi) is 3.24. The molecule has 1 aliphatic heterocycles. The summed E-state index contributed by atoms with van der Waals surface area (Å²) in [5.74, 6) is -0.0746. The van der Waals surface area contributed by atoms with E-state index in [1.54, 1.807) is 16.2 Å². The van der Waals surface area contributed by atoms with Gasteiger partial charge in [0.2, 0.25) is 11.8 Å². The monoisotopic (exact) mass is 238 g/mol. The van der Waals surface area contributed by atoms with Gasteiger partial charge < -0.3 is 10.2 Å². The molecule has 4 nitrogen and oxygen atoms in total. The lowest BCUT2D eigenvalue weighted by atomic mass is 10.1. The van der Waals surface area contributed by atoms with Crippen molar-refractivity contribution in [2.45, 2.75) is 19.4 Å². The van der Waals surface area contributed by atoms with Crippen LogP contribution in [0.5, 0.6) is 0 Å². The minimum atomic E-state index is -0.0744. The van der Waals surface area contributed by atoms with Gasteiger partial charge in [0.25, 0.3) is 0 Å². The van der Waals surface area contributed by atoms with Gasteiger partial charge in [0.1, 0.15) is 6.54 Å². The van der Waals surface area contributed by atoms with Crippen LogP contribution in [0.4, 0.5) is 0 Å². The van der Waals surface area contributed by atoms with Crippen LogP contribution in [0.15, 0.2) is 17.5 Å². The summed E-state index contributed by atoms with van der Waals surface area (Å²) in [6.45, 7) is 2.33. The molecular weight excluding hydrogens is 224 g/mol. The Morgan fingerprint density at radius 3 is 3.00 bits per heavy atom. The minimum absolute atomic E-state index is 0.000139. The Labute approximate surface area is 98.3 Å². The molecule has 1 N–H and O–H groups in total. The van der Waals surface area contributed by atoms with Crippen LogP contribution < -0.4 is 5.32 Å². The van der Waals surface area contributed by atoms with Gasteiger partial charge in [0.05, 0.1) is 12.6 Å². The molecule has 0 spiro atoms. The molecule has 5 heteroatoms. The molecule has 1 unspecified atom stereocenters. The van der Waals surface area contributed by atoms with E-state index in [4.69, 9.17) is 0 Å². The number of rotatable bonds is 3. The van der Waals surface area contributed by atoms with Gasteiger partial charge in [-0.25, -0.2) is 0 Å². The van der Waals surface area contributed by atoms with Crippen LogP contribution in [-0.4, -0.2) is 29.8 Å². The molecule has 16 heavy (non-hydrogen) atoms. The first-order valence-electron chi connectivity index (χ1n) is 5.32. The highest BCUT2D eigenvalue weighted by Gasteiger charge is 2.29. The maximum absolute atomic E-state index is 11.8. The molecule has 1 aromatic heterocycles. The molecule has 1 atom stereocenters. The van der Waals surface area contributed by atoms with Crippen LogP contribution in [0.1, 0.15) is 24.3 Å². The molecule has 1 fully saturated rings. The predicted molar refractivity (Wildman–Crippen MR) is 62.1 cm³/mol. The van der Waals surface area contributed by atoms with Crippen LogP contribution in [0.25, 0.3) is 0 Å². The fourth-order valence-corrected chi connectivity index (χ4v) is 2.84. The van der Waals surface area contributed by atoms with Crippen LogP contribution in [0, 0.1) is 0 Å². The molecule has 0 radical (unpaired) electrons. The standard InChI is InChI=1S/C11H14N2O2S/c1-2-8(9-4-3-5-16-9)13-7-10(14)12-6-11(13)15/h3-5,8H,2,6-7H2,1H3,(H,12,14). The number of hydrogen-bond donors (Lipinski definition) is 1. The summed E-state index contributed by atoms with van der Waals surface area (Å²) in [7, 11) is 0. The summed E-state index contributed by atoms with van der Waals surface area (Å²) in [5.41, 5.74) is 0. The van der Waals surface area contributed by atoms with Crippen LogP contribution in [0.3, 0.4) is 0 Å². The van der Waals surface area contributed by atoms with Gasteiger partial charge in [-0.2, -0.15) is 0 Å². The second-order valence-corrected chi connectivity index (χ2v) is 4.72. The maximum atomic E-state index is 11.8. The number of thiophene rings is 1. The van der Waals surface area contributed by atoms with Crippen LogP contribution >= 0.6 is 11.3 Å². The lowest BCUT2D eigenvalue weighted by molar-refractivity contribution is -0.143. The smallest absolute Gasteiger partial charge is 0.242 e. The Hall–Kier alpha value is -1.36. The molecule has 2 amide bonds. The number of carbonyl (C=O) groups is 2. The zero-order valence-corrected chi connectivity index (χ0v) is 9.92. The second-order valence-electron chi connectivity index (χ2n) is 3.74. The number of hydrogen-bond acceptors (Lipinski definition) is 3. The Balaban J connectivity index is 2.20. The molecule has 86 valence electrons. The average Bonchev–Trinajstić information content (AvgIpc) is 2.78. The van der Waals surface area contributed by atoms with Gasteiger partial charge in [-0.15, -0.1) is 11.3 Å². The Bertz CT molecular complexity index is 389. The highest BCUT2D eigenvalue weighted by molar-refractivity contribution is 7.10. The SMILES string of the molecule is CCC(c1cccs1)N1CC(=O)NCC1=O. The van der Waals surface area contributed by atoms with Crippen molar-refractivity contribution in [2.24, 2.45) is 0 Å². The summed E-state index contributed by atoms with van der Waals surface area (Å²) in [6, 6.07) is 4.02. The number of amides is 2. The summed E-state index contributed by atoms with van der Waals surface area (Å²) >= 11 is 1.63. The van der Waals surface area contributed by atoms with Crippen molar-refractivity contribution >= 4 is 23.2 Å². The van der Waals surface area contributed by atoms with Gasteiger partial charge in [-0.3, -0.25) is 9.59 Å². The fourth-order valence-electron chi connectivity index (χ4n) is 1.91. The van der Waals surface area contributed by atoms with Crippen LogP contribution in [-0.2, 0) is 9.59 Å². The van der Waals surface area contributed by atoms with Crippen molar-refractivity contribution in [2.75, 3.05) is 13.1 Å². The molecular formula is C11H14N2O2S. The van der Waals surface area contributed by atoms with Gasteiger partial charge >= 0.3 is 0 Å². The molecule has 1 aromatic rings. The van der Waals surface area contributed by atoms with E-state index in [9.17, 15) is 9.59 Å². The van der Waals surface area contributed by atoms with Crippen molar-refractivity contribution in [3.63, 3.8) is 0 Å². The zero-order chi connectivity index (χ0) is 11.5. The molecule has 1 aliphatic rings. The molecule has 2 heterocycles. The first-order valence-corrected chi connectivity index (χ1v) is 6.20. The van der Waals surface area contributed by atoms with Gasteiger partial charge in [0.15, 0.2) is 0 Å². The number of nitrogens with one attached hydrogen (secondary N) is 1. The summed E-state index contributed by atoms with van der Waals surface area (Å²) in [6.07, 6.45) is 0.833. The van der Waals surface area contributed by atoms with E-state index in [2.05, 4.69) is 5.32 Å². The van der Waals surface area contributed by atoms with Gasteiger partial charge in [-0.1, -0.05) is 13.0 Å². The highest BCUT2D eigenvalue weighted by Crippen LogP contribution is 2.28. The van der Waals surface area contributed by atoms with E-state index in [-0.39, 0.29) is 30.9 Å². The van der Waals surface area contributed by atoms with E-state index in [1.165, 1.54) is 0 Å². The third-order valence-corrected chi connectivity index (χ3v) is 3.68. The number of carbonyl (C=O) groups excluding carboxylic acids is 2. The third-order valence-electron chi connectivity index (χ3n) is 2.71. The van der Waals surface area contributed by atoms with E-state index in [0.717, 1.165) is 11.3 Å². The second kappa shape index (κ2) is 4.65. The zero-order valence-electron chi connectivity index (χ0n) is 9.10. The molecule has 0 saturated carbocycles. The number of piperazine rings is 1. The van der Waals surface area contributed by atoms with Crippen molar-refractivity contribution in [1.82, 2.24) is 10.2 Å². The van der Waals surface area contributed by atoms with Crippen molar-refractivity contribution in [1.29, 1.82) is 0 Å². The minimum Gasteiger partial charge on any atom is -0.345 e. The molecule has 2 rings (SSSR count). The Morgan fingerprint density at radius 1 is 1.56 bits per heavy atom. The van der Waals surface area contributed by atoms with E-state index in [1.807, 2.05) is 24.4 Å². The fraction of sp³-hybridized carbons (Fsp3) is 0.455. The maximum Gasteiger partial charge on any atom is 0.242 e. The lowest BCUT2D eigenvalue weighted by Crippen LogP contribution is -2.52. The lowest BCUT2D eigenvalue weighted by Gasteiger charge is -2.33. The predicted octanol–water partition coefficient (Wildman–Crippen LogP) is 1.16. The van der Waals surface area contributed by atoms with E-state index < -0.39 is 0 Å². The quantitative estimate of drug-likeness (QED) is 0.859. The van der Waals surface area contributed by atoms with Crippen molar-refractivity contribution < 1.29 is 9.59 Å². The third kappa shape index (κ3) is 2.09. The summed E-state index contributed by atoms with van der Waals surface area (Å²) < 4.78 is 0. The molecule has 1 saturated heterocycles. The van der Waals surface area contributed by atoms with E-state index in [0.29, 0.717) is 0 Å². The van der Waals surface area contributed by atoms with Crippen molar-refractivity contribution in [3.8, 4) is 0 Å². The first kappa shape index (κ1) is 11.1. The largest absolute Gasteiger partial charge is 0.345 e. The summed E-state index contributed by atoms with van der Waals surface area (Å²) in [5, 5.41) is 4.55. The van der Waals surface area contributed by atoms with Crippen LogP contribution in [0.2, 0.25) is 0 Å². The highest BCUT2D eigenvalue weighted by atomic mass is 32.1. The van der Waals surface area contributed by atoms with Crippen molar-refractivity contribution in [3.05, 3.63) is 22.4 Å². The van der Waals surface area contributed by atoms with Gasteiger partial charge in [-0.05, 0) is 17.9 Å². The molecule has 0 aromatic carbocycles. The summed E-state index contributed by atoms with van der Waals surface area (Å²) in [4.78, 5) is 25.9. The van der Waals surface area contributed by atoms with E-state index >= 15 is 0 Å². The normalized spacial score (nSPS) is 18.4. The average molecular weight is 238 g/mol. The number of nitrogens with zero attached hydrogens (tertiary/aromatic N) is 1. The first-order chi connectivity index (χ1) is 7.72. The molecule has 0 aliphatic carbocycles. The topological polar surface area (TPSA) is 49.4 Å². The Morgan fingerprint density at radius 2 is 2.38 bits per heavy atom. The van der Waals surface area contributed by atoms with Gasteiger partial charge in [0, 0.05) is 4.88 Å². The molecule has 0 bridgehead atoms.